The van der Waals surface area contributed by atoms with Crippen LogP contribution in [0.5, 0.6) is 0 Å². The summed E-state index contributed by atoms with van der Waals surface area (Å²) in [6.45, 7) is 4.40. The summed E-state index contributed by atoms with van der Waals surface area (Å²) in [5.74, 6) is -0.127. The molecule has 1 amide bonds. The van der Waals surface area contributed by atoms with Crippen LogP contribution in [0.3, 0.4) is 0 Å². The minimum absolute atomic E-state index is 0.0203. The van der Waals surface area contributed by atoms with E-state index in [1.165, 1.54) is 89.9 Å². The first-order valence-corrected chi connectivity index (χ1v) is 10.8. The summed E-state index contributed by atoms with van der Waals surface area (Å²) >= 11 is 0. The molecule has 1 aliphatic heterocycles. The number of rotatable bonds is 16. The molecule has 24 heavy (non-hydrogen) atoms. The predicted octanol–water partition coefficient (Wildman–Crippen LogP) is 5.42. The Morgan fingerprint density at radius 3 is 1.75 bits per heavy atom. The van der Waals surface area contributed by atoms with Gasteiger partial charge in [0.2, 0.25) is 5.91 Å². The number of hydrogen-bond donors (Lipinski definition) is 1. The van der Waals surface area contributed by atoms with Crippen LogP contribution in [-0.4, -0.2) is 29.9 Å². The van der Waals surface area contributed by atoms with E-state index < -0.39 is 0 Å². The molecule has 0 radical (unpaired) electrons. The highest BCUT2D eigenvalue weighted by Gasteiger charge is 2.27. The van der Waals surface area contributed by atoms with Crippen LogP contribution in [0.25, 0.3) is 0 Å². The lowest BCUT2D eigenvalue weighted by Gasteiger charge is -2.21. The molecule has 0 aromatic heterocycles. The molecule has 1 unspecified atom stereocenters. The highest BCUT2D eigenvalue weighted by atomic mass is 16.1. The lowest BCUT2D eigenvalue weighted by atomic mass is 10.0. The van der Waals surface area contributed by atoms with Crippen LogP contribution in [0.15, 0.2) is 0 Å². The number of carbonyl (C=O) groups is 1. The summed E-state index contributed by atoms with van der Waals surface area (Å²) in [5, 5.41) is 0. The molecule has 0 aliphatic carbocycles. The Kier molecular flexibility index (Phi) is 13.2. The molecule has 1 atom stereocenters. The normalized spacial score (nSPS) is 18.3. The minimum atomic E-state index is -0.127. The highest BCUT2D eigenvalue weighted by molar-refractivity contribution is 5.80. The van der Waals surface area contributed by atoms with Crippen molar-refractivity contribution in [3.8, 4) is 0 Å². The Balaban J connectivity index is 1.79. The number of unbranched alkanes of at least 4 members (excludes halogenated alkanes) is 13. The van der Waals surface area contributed by atoms with Crippen molar-refractivity contribution in [3.63, 3.8) is 0 Å². The molecule has 1 heterocycles. The van der Waals surface area contributed by atoms with Gasteiger partial charge in [0.1, 0.15) is 0 Å². The Morgan fingerprint density at radius 1 is 0.833 bits per heavy atom. The standard InChI is InChI=1S/C21H42N2O/c1-2-3-4-5-6-7-8-9-10-11-12-13-14-15-18-23-19-16-17-20(23)21(22)24/h20H,2-19H2,1H3,(H2,22,24). The summed E-state index contributed by atoms with van der Waals surface area (Å²) < 4.78 is 0. The van der Waals surface area contributed by atoms with Crippen LogP contribution in [0.1, 0.15) is 110 Å². The van der Waals surface area contributed by atoms with Crippen molar-refractivity contribution in [1.29, 1.82) is 0 Å². The maximum Gasteiger partial charge on any atom is 0.234 e. The van der Waals surface area contributed by atoms with Crippen molar-refractivity contribution in [2.45, 2.75) is 116 Å². The second-order valence-corrected chi connectivity index (χ2v) is 7.69. The molecule has 0 bridgehead atoms. The fourth-order valence-corrected chi connectivity index (χ4v) is 3.93. The predicted molar refractivity (Wildman–Crippen MR) is 104 cm³/mol. The van der Waals surface area contributed by atoms with E-state index in [0.29, 0.717) is 0 Å². The molecule has 1 fully saturated rings. The molecule has 0 saturated carbocycles. The third-order valence-electron chi connectivity index (χ3n) is 5.49. The fraction of sp³-hybridized carbons (Fsp3) is 0.952. The largest absolute Gasteiger partial charge is 0.368 e. The summed E-state index contributed by atoms with van der Waals surface area (Å²) in [4.78, 5) is 13.6. The molecule has 0 aromatic rings. The zero-order chi connectivity index (χ0) is 17.5. The van der Waals surface area contributed by atoms with Gasteiger partial charge in [-0.1, -0.05) is 90.4 Å². The Morgan fingerprint density at radius 2 is 1.29 bits per heavy atom. The molecule has 3 heteroatoms. The molecule has 2 N–H and O–H groups in total. The third-order valence-corrected chi connectivity index (χ3v) is 5.49. The van der Waals surface area contributed by atoms with Crippen LogP contribution in [-0.2, 0) is 4.79 Å². The van der Waals surface area contributed by atoms with Gasteiger partial charge in [0, 0.05) is 0 Å². The van der Waals surface area contributed by atoms with E-state index in [9.17, 15) is 4.79 Å². The van der Waals surface area contributed by atoms with Crippen molar-refractivity contribution < 1.29 is 4.79 Å². The smallest absolute Gasteiger partial charge is 0.234 e. The number of amides is 1. The van der Waals surface area contributed by atoms with Crippen LogP contribution in [0.4, 0.5) is 0 Å². The first-order valence-electron chi connectivity index (χ1n) is 10.8. The van der Waals surface area contributed by atoms with E-state index in [2.05, 4.69) is 11.8 Å². The van der Waals surface area contributed by atoms with Crippen LogP contribution in [0, 0.1) is 0 Å². The van der Waals surface area contributed by atoms with Gasteiger partial charge < -0.3 is 5.73 Å². The number of likely N-dealkylation sites (tertiary alicyclic amines) is 1. The van der Waals surface area contributed by atoms with E-state index >= 15 is 0 Å². The summed E-state index contributed by atoms with van der Waals surface area (Å²) in [6.07, 6.45) is 21.6. The van der Waals surface area contributed by atoms with Gasteiger partial charge in [0.25, 0.3) is 0 Å². The molecule has 0 spiro atoms. The average molecular weight is 339 g/mol. The monoisotopic (exact) mass is 338 g/mol. The molecule has 1 rings (SSSR count). The lowest BCUT2D eigenvalue weighted by molar-refractivity contribution is -0.122. The summed E-state index contributed by atoms with van der Waals surface area (Å²) in [5.41, 5.74) is 5.46. The molecular weight excluding hydrogens is 296 g/mol. The summed E-state index contributed by atoms with van der Waals surface area (Å²) in [6, 6.07) is 0.0203. The number of nitrogens with two attached hydrogens (primary N) is 1. The molecule has 142 valence electrons. The SMILES string of the molecule is CCCCCCCCCCCCCCCCN1CCCC1C(N)=O. The number of hydrogen-bond acceptors (Lipinski definition) is 2. The Bertz CT molecular complexity index is 306. The minimum Gasteiger partial charge on any atom is -0.368 e. The van der Waals surface area contributed by atoms with Crippen molar-refractivity contribution >= 4 is 5.91 Å². The molecule has 3 nitrogen and oxygen atoms in total. The first-order chi connectivity index (χ1) is 11.8. The van der Waals surface area contributed by atoms with Gasteiger partial charge in [-0.25, -0.2) is 0 Å². The highest BCUT2D eigenvalue weighted by Crippen LogP contribution is 2.18. The zero-order valence-corrected chi connectivity index (χ0v) is 16.2. The van der Waals surface area contributed by atoms with Crippen molar-refractivity contribution in [1.82, 2.24) is 4.90 Å². The average Bonchev–Trinajstić information content (AvgIpc) is 3.04. The zero-order valence-electron chi connectivity index (χ0n) is 16.2. The van der Waals surface area contributed by atoms with Crippen molar-refractivity contribution in [2.75, 3.05) is 13.1 Å². The lowest BCUT2D eigenvalue weighted by Crippen LogP contribution is -2.40. The Hall–Kier alpha value is -0.570. The van der Waals surface area contributed by atoms with Crippen LogP contribution in [0.2, 0.25) is 0 Å². The maximum atomic E-state index is 11.3. The van der Waals surface area contributed by atoms with Crippen LogP contribution >= 0.6 is 0 Å². The maximum absolute atomic E-state index is 11.3. The quantitative estimate of drug-likeness (QED) is 0.382. The van der Waals surface area contributed by atoms with Crippen molar-refractivity contribution in [2.24, 2.45) is 5.73 Å². The molecule has 1 saturated heterocycles. The van der Waals surface area contributed by atoms with Gasteiger partial charge in [0.15, 0.2) is 0 Å². The molecular formula is C21H42N2O. The van der Waals surface area contributed by atoms with Gasteiger partial charge in [-0.05, 0) is 32.4 Å². The topological polar surface area (TPSA) is 46.3 Å². The van der Waals surface area contributed by atoms with E-state index in [1.807, 2.05) is 0 Å². The number of nitrogens with zero attached hydrogens (tertiary/aromatic N) is 1. The first kappa shape index (κ1) is 21.5. The Labute approximate surface area is 150 Å². The second-order valence-electron chi connectivity index (χ2n) is 7.69. The summed E-state index contributed by atoms with van der Waals surface area (Å²) in [7, 11) is 0. The van der Waals surface area contributed by atoms with Gasteiger partial charge in [-0.3, -0.25) is 9.69 Å². The number of primary amides is 1. The van der Waals surface area contributed by atoms with E-state index in [-0.39, 0.29) is 11.9 Å². The molecule has 1 aliphatic rings. The van der Waals surface area contributed by atoms with Gasteiger partial charge in [-0.2, -0.15) is 0 Å². The van der Waals surface area contributed by atoms with E-state index in [4.69, 9.17) is 5.73 Å². The number of carbonyl (C=O) groups excluding carboxylic acids is 1. The van der Waals surface area contributed by atoms with Crippen molar-refractivity contribution in [3.05, 3.63) is 0 Å². The van der Waals surface area contributed by atoms with Crippen LogP contribution < -0.4 is 5.73 Å². The van der Waals surface area contributed by atoms with Gasteiger partial charge >= 0.3 is 0 Å². The van der Waals surface area contributed by atoms with Gasteiger partial charge in [0.05, 0.1) is 6.04 Å². The second kappa shape index (κ2) is 14.7. The fourth-order valence-electron chi connectivity index (χ4n) is 3.93. The van der Waals surface area contributed by atoms with E-state index in [0.717, 1.165) is 25.9 Å². The van der Waals surface area contributed by atoms with Gasteiger partial charge in [-0.15, -0.1) is 0 Å². The third kappa shape index (κ3) is 10.3. The molecule has 0 aromatic carbocycles. The van der Waals surface area contributed by atoms with E-state index in [1.54, 1.807) is 0 Å².